The number of hydrogen-bond acceptors (Lipinski definition) is 3. The molecule has 1 amide bonds. The summed E-state index contributed by atoms with van der Waals surface area (Å²) < 4.78 is 7.86. The Kier molecular flexibility index (Phi) is 6.08. The van der Waals surface area contributed by atoms with E-state index in [1.54, 1.807) is 4.90 Å². The van der Waals surface area contributed by atoms with Gasteiger partial charge in [0.1, 0.15) is 5.60 Å². The average Bonchev–Trinajstić information content (AvgIpc) is 2.99. The maximum absolute atomic E-state index is 12.6. The number of ether oxygens (including phenoxy) is 1. The van der Waals surface area contributed by atoms with Gasteiger partial charge in [-0.3, -0.25) is 0 Å². The first-order valence-corrected chi connectivity index (χ1v) is 10.6. The Morgan fingerprint density at radius 1 is 1.21 bits per heavy atom. The molecule has 1 aromatic heterocycles. The van der Waals surface area contributed by atoms with Crippen LogP contribution in [-0.4, -0.2) is 32.8 Å². The fourth-order valence-electron chi connectivity index (χ4n) is 4.10. The number of aromatic nitrogens is 1. The first kappa shape index (κ1) is 21.4. The summed E-state index contributed by atoms with van der Waals surface area (Å²) in [4.78, 5) is 14.3. The molecule has 0 bridgehead atoms. The average molecular weight is 399 g/mol. The molecule has 3 rings (SSSR count). The maximum Gasteiger partial charge on any atom is 0.410 e. The molecule has 1 aliphatic rings. The highest BCUT2D eigenvalue weighted by Gasteiger charge is 2.31. The first-order valence-electron chi connectivity index (χ1n) is 10.6. The van der Waals surface area contributed by atoms with Crippen LogP contribution in [0.2, 0.25) is 0 Å². The van der Waals surface area contributed by atoms with Crippen molar-refractivity contribution >= 4 is 6.09 Å². The van der Waals surface area contributed by atoms with Crippen molar-refractivity contribution in [2.45, 2.75) is 79.1 Å². The van der Waals surface area contributed by atoms with E-state index in [2.05, 4.69) is 49.6 Å². The highest BCUT2D eigenvalue weighted by Crippen LogP contribution is 2.33. The molecule has 158 valence electrons. The Labute approximate surface area is 174 Å². The summed E-state index contributed by atoms with van der Waals surface area (Å²) in [7, 11) is 0. The smallest absolute Gasteiger partial charge is 0.410 e. The summed E-state index contributed by atoms with van der Waals surface area (Å²) in [6, 6.07) is 8.69. The Balaban J connectivity index is 2.00. The molecule has 0 saturated carbocycles. The summed E-state index contributed by atoms with van der Waals surface area (Å²) >= 11 is 0. The Morgan fingerprint density at radius 3 is 2.38 bits per heavy atom. The van der Waals surface area contributed by atoms with Gasteiger partial charge in [-0.05, 0) is 56.4 Å². The minimum Gasteiger partial charge on any atom is -0.444 e. The van der Waals surface area contributed by atoms with Crippen LogP contribution in [0.5, 0.6) is 0 Å². The van der Waals surface area contributed by atoms with Crippen LogP contribution in [0.3, 0.4) is 0 Å². The maximum atomic E-state index is 12.6. The largest absolute Gasteiger partial charge is 0.444 e. The zero-order valence-electron chi connectivity index (χ0n) is 18.6. The predicted octanol–water partition coefficient (Wildman–Crippen LogP) is 4.95. The van der Waals surface area contributed by atoms with Gasteiger partial charge in [0, 0.05) is 35.6 Å². The van der Waals surface area contributed by atoms with Crippen molar-refractivity contribution in [1.29, 1.82) is 0 Å². The van der Waals surface area contributed by atoms with E-state index < -0.39 is 5.60 Å². The summed E-state index contributed by atoms with van der Waals surface area (Å²) in [5.41, 5.74) is 6.25. The lowest BCUT2D eigenvalue weighted by atomic mass is 10.0. The van der Waals surface area contributed by atoms with Gasteiger partial charge in [0.05, 0.1) is 13.2 Å². The van der Waals surface area contributed by atoms with Crippen LogP contribution in [0.25, 0.3) is 5.69 Å². The molecule has 0 spiro atoms. The lowest BCUT2D eigenvalue weighted by Crippen LogP contribution is -2.40. The van der Waals surface area contributed by atoms with Gasteiger partial charge in [-0.2, -0.15) is 0 Å². The van der Waals surface area contributed by atoms with Crippen LogP contribution in [-0.2, 0) is 30.7 Å². The second-order valence-corrected chi connectivity index (χ2v) is 9.10. The van der Waals surface area contributed by atoms with Gasteiger partial charge in [-0.25, -0.2) is 4.79 Å². The standard InChI is InChI=1S/C24H34N2O3/c1-7-21-20(15-27)19-14-25(23(28)29-24(4,5)6)13-12-22(19)26(21)18-10-8-17(9-11-18)16(2)3/h8-11,16,27H,7,12-15H2,1-6H3. The van der Waals surface area contributed by atoms with E-state index in [0.29, 0.717) is 19.0 Å². The van der Waals surface area contributed by atoms with Crippen molar-refractivity contribution in [3.63, 3.8) is 0 Å². The van der Waals surface area contributed by atoms with Crippen molar-refractivity contribution in [2.24, 2.45) is 0 Å². The van der Waals surface area contributed by atoms with E-state index in [0.717, 1.165) is 35.3 Å². The van der Waals surface area contributed by atoms with Crippen LogP contribution in [0.4, 0.5) is 4.79 Å². The molecule has 1 aliphatic heterocycles. The molecule has 2 heterocycles. The fourth-order valence-corrected chi connectivity index (χ4v) is 4.10. The number of aliphatic hydroxyl groups is 1. The van der Waals surface area contributed by atoms with Gasteiger partial charge >= 0.3 is 6.09 Å². The van der Waals surface area contributed by atoms with Gasteiger partial charge in [0.2, 0.25) is 0 Å². The van der Waals surface area contributed by atoms with E-state index in [-0.39, 0.29) is 12.7 Å². The van der Waals surface area contributed by atoms with Crippen LogP contribution in [0.15, 0.2) is 24.3 Å². The molecule has 5 nitrogen and oxygen atoms in total. The molecule has 0 saturated heterocycles. The number of rotatable bonds is 4. The number of carbonyl (C=O) groups excluding carboxylic acids is 1. The molecule has 5 heteroatoms. The number of hydrogen-bond donors (Lipinski definition) is 1. The minimum absolute atomic E-state index is 0.0231. The molecule has 0 unspecified atom stereocenters. The van der Waals surface area contributed by atoms with Crippen molar-refractivity contribution < 1.29 is 14.6 Å². The predicted molar refractivity (Wildman–Crippen MR) is 116 cm³/mol. The third-order valence-electron chi connectivity index (χ3n) is 5.53. The van der Waals surface area contributed by atoms with E-state index in [1.165, 1.54) is 11.3 Å². The zero-order valence-corrected chi connectivity index (χ0v) is 18.6. The molecule has 2 aromatic rings. The molecular weight excluding hydrogens is 364 g/mol. The molecule has 0 aliphatic carbocycles. The van der Waals surface area contributed by atoms with E-state index in [4.69, 9.17) is 4.74 Å². The van der Waals surface area contributed by atoms with Gasteiger partial charge in [-0.1, -0.05) is 32.9 Å². The van der Waals surface area contributed by atoms with Gasteiger partial charge in [-0.15, -0.1) is 0 Å². The van der Waals surface area contributed by atoms with Gasteiger partial charge in [0.15, 0.2) is 0 Å². The van der Waals surface area contributed by atoms with Crippen molar-refractivity contribution in [1.82, 2.24) is 9.47 Å². The summed E-state index contributed by atoms with van der Waals surface area (Å²) in [5, 5.41) is 10.1. The third kappa shape index (κ3) is 4.35. The SMILES string of the molecule is CCc1c(CO)c2c(n1-c1ccc(C(C)C)cc1)CCN(C(=O)OC(C)(C)C)C2. The van der Waals surface area contributed by atoms with Crippen LogP contribution in [0, 0.1) is 0 Å². The molecule has 0 atom stereocenters. The number of fused-ring (bicyclic) bond motifs is 1. The zero-order chi connectivity index (χ0) is 21.3. The number of aliphatic hydroxyl groups excluding tert-OH is 1. The lowest BCUT2D eigenvalue weighted by Gasteiger charge is -2.31. The second-order valence-electron chi connectivity index (χ2n) is 9.10. The lowest BCUT2D eigenvalue weighted by molar-refractivity contribution is 0.0222. The van der Waals surface area contributed by atoms with E-state index in [9.17, 15) is 9.90 Å². The Hall–Kier alpha value is -2.27. The number of nitrogens with zero attached hydrogens (tertiary/aromatic N) is 2. The third-order valence-corrected chi connectivity index (χ3v) is 5.53. The highest BCUT2D eigenvalue weighted by atomic mass is 16.6. The molecule has 0 radical (unpaired) electrons. The molecule has 29 heavy (non-hydrogen) atoms. The topological polar surface area (TPSA) is 54.7 Å². The monoisotopic (exact) mass is 398 g/mol. The quantitative estimate of drug-likeness (QED) is 0.793. The van der Waals surface area contributed by atoms with E-state index >= 15 is 0 Å². The summed E-state index contributed by atoms with van der Waals surface area (Å²) in [6.07, 6.45) is 1.27. The highest BCUT2D eigenvalue weighted by molar-refractivity contribution is 5.69. The van der Waals surface area contributed by atoms with Crippen molar-refractivity contribution in [2.75, 3.05) is 6.54 Å². The summed E-state index contributed by atoms with van der Waals surface area (Å²) in [6.45, 7) is 13.2. The van der Waals surface area contributed by atoms with Crippen LogP contribution >= 0.6 is 0 Å². The summed E-state index contributed by atoms with van der Waals surface area (Å²) in [5.74, 6) is 0.490. The number of carbonyl (C=O) groups is 1. The van der Waals surface area contributed by atoms with Gasteiger partial charge < -0.3 is 19.3 Å². The Bertz CT molecular complexity index is 873. The fraction of sp³-hybridized carbons (Fsp3) is 0.542. The van der Waals surface area contributed by atoms with E-state index in [1.807, 2.05) is 20.8 Å². The molecular formula is C24H34N2O3. The van der Waals surface area contributed by atoms with Crippen LogP contribution in [0.1, 0.15) is 75.5 Å². The number of benzene rings is 1. The minimum atomic E-state index is -0.518. The Morgan fingerprint density at radius 2 is 1.86 bits per heavy atom. The normalized spacial score (nSPS) is 14.3. The first-order chi connectivity index (χ1) is 13.7. The van der Waals surface area contributed by atoms with Gasteiger partial charge in [0.25, 0.3) is 0 Å². The molecule has 1 aromatic carbocycles. The molecule has 1 N–H and O–H groups in total. The number of amides is 1. The van der Waals surface area contributed by atoms with Crippen molar-refractivity contribution in [3.8, 4) is 5.69 Å². The molecule has 0 fully saturated rings. The van der Waals surface area contributed by atoms with Crippen molar-refractivity contribution in [3.05, 3.63) is 52.3 Å². The van der Waals surface area contributed by atoms with Crippen LogP contribution < -0.4 is 0 Å². The second kappa shape index (κ2) is 8.23.